The van der Waals surface area contributed by atoms with Gasteiger partial charge in [-0.25, -0.2) is 0 Å². The topological polar surface area (TPSA) is 72.0 Å². The van der Waals surface area contributed by atoms with Crippen molar-refractivity contribution in [3.8, 4) is 6.01 Å². The van der Waals surface area contributed by atoms with E-state index in [2.05, 4.69) is 49.9 Å². The van der Waals surface area contributed by atoms with Gasteiger partial charge in [0, 0.05) is 19.5 Å². The van der Waals surface area contributed by atoms with E-state index in [1.165, 1.54) is 11.1 Å². The summed E-state index contributed by atoms with van der Waals surface area (Å²) in [6.07, 6.45) is 1.10. The van der Waals surface area contributed by atoms with Crippen molar-refractivity contribution in [1.29, 1.82) is 0 Å². The van der Waals surface area contributed by atoms with Gasteiger partial charge in [0.25, 0.3) is 0 Å². The van der Waals surface area contributed by atoms with Crippen LogP contribution in [0.1, 0.15) is 24.0 Å². The maximum atomic E-state index is 5.35. The third-order valence-corrected chi connectivity index (χ3v) is 3.58. The number of ether oxygens (including phenoxy) is 1. The zero-order valence-corrected chi connectivity index (χ0v) is 12.3. The number of anilines is 2. The molecule has 1 aliphatic carbocycles. The predicted molar refractivity (Wildman–Crippen MR) is 81.9 cm³/mol. The van der Waals surface area contributed by atoms with Crippen molar-refractivity contribution in [3.05, 3.63) is 35.4 Å². The summed E-state index contributed by atoms with van der Waals surface area (Å²) in [5.74, 6) is 1.57. The number of fused-ring (bicyclic) bond motifs is 1. The van der Waals surface area contributed by atoms with Gasteiger partial charge in [-0.2, -0.15) is 15.0 Å². The van der Waals surface area contributed by atoms with Gasteiger partial charge in [-0.15, -0.1) is 0 Å². The van der Waals surface area contributed by atoms with E-state index >= 15 is 0 Å². The summed E-state index contributed by atoms with van der Waals surface area (Å²) >= 11 is 0. The van der Waals surface area contributed by atoms with Gasteiger partial charge in [-0.1, -0.05) is 24.3 Å². The Morgan fingerprint density at radius 3 is 2.76 bits per heavy atom. The Hall–Kier alpha value is -2.37. The fourth-order valence-corrected chi connectivity index (χ4v) is 2.50. The fourth-order valence-electron chi connectivity index (χ4n) is 2.50. The zero-order valence-electron chi connectivity index (χ0n) is 12.3. The SMILES string of the molecule is CCOc1nc(NC)nc(NCC2Cc3ccccc32)n1. The van der Waals surface area contributed by atoms with E-state index in [4.69, 9.17) is 4.74 Å². The van der Waals surface area contributed by atoms with Crippen LogP contribution in [-0.4, -0.2) is 35.2 Å². The Morgan fingerprint density at radius 1 is 1.19 bits per heavy atom. The summed E-state index contributed by atoms with van der Waals surface area (Å²) in [5, 5.41) is 6.19. The van der Waals surface area contributed by atoms with Crippen LogP contribution < -0.4 is 15.4 Å². The minimum atomic E-state index is 0.341. The summed E-state index contributed by atoms with van der Waals surface area (Å²) in [4.78, 5) is 12.7. The van der Waals surface area contributed by atoms with E-state index in [0.717, 1.165) is 13.0 Å². The van der Waals surface area contributed by atoms with Crippen molar-refractivity contribution in [2.45, 2.75) is 19.3 Å². The highest BCUT2D eigenvalue weighted by Crippen LogP contribution is 2.34. The van der Waals surface area contributed by atoms with Crippen LogP contribution in [-0.2, 0) is 6.42 Å². The number of hydrogen-bond acceptors (Lipinski definition) is 6. The van der Waals surface area contributed by atoms with Crippen molar-refractivity contribution in [2.24, 2.45) is 0 Å². The molecule has 6 heteroatoms. The van der Waals surface area contributed by atoms with E-state index in [-0.39, 0.29) is 0 Å². The molecule has 1 unspecified atom stereocenters. The first-order valence-electron chi connectivity index (χ1n) is 7.18. The molecule has 0 spiro atoms. The Labute approximate surface area is 124 Å². The molecule has 0 amide bonds. The van der Waals surface area contributed by atoms with Crippen LogP contribution in [0.4, 0.5) is 11.9 Å². The third-order valence-electron chi connectivity index (χ3n) is 3.58. The molecular formula is C15H19N5O. The normalized spacial score (nSPS) is 15.8. The van der Waals surface area contributed by atoms with Crippen LogP contribution in [0, 0.1) is 0 Å². The van der Waals surface area contributed by atoms with Crippen LogP contribution in [0.3, 0.4) is 0 Å². The summed E-state index contributed by atoms with van der Waals surface area (Å²) in [5.41, 5.74) is 2.85. The summed E-state index contributed by atoms with van der Waals surface area (Å²) in [6.45, 7) is 3.25. The van der Waals surface area contributed by atoms with Crippen LogP contribution in [0.5, 0.6) is 6.01 Å². The first-order valence-corrected chi connectivity index (χ1v) is 7.18. The molecule has 2 N–H and O–H groups in total. The molecule has 0 radical (unpaired) electrons. The first kappa shape index (κ1) is 13.6. The number of rotatable bonds is 6. The van der Waals surface area contributed by atoms with Crippen LogP contribution >= 0.6 is 0 Å². The van der Waals surface area contributed by atoms with E-state index in [1.807, 2.05) is 6.92 Å². The fraction of sp³-hybridized carbons (Fsp3) is 0.400. The quantitative estimate of drug-likeness (QED) is 0.846. The molecule has 2 aromatic rings. The Bertz CT molecular complexity index is 631. The lowest BCUT2D eigenvalue weighted by Gasteiger charge is -2.30. The highest BCUT2D eigenvalue weighted by Gasteiger charge is 2.25. The lowest BCUT2D eigenvalue weighted by atomic mass is 9.78. The molecule has 1 aromatic carbocycles. The number of nitrogens with zero attached hydrogens (tertiary/aromatic N) is 3. The molecule has 1 aromatic heterocycles. The molecule has 0 saturated heterocycles. The van der Waals surface area contributed by atoms with Crippen molar-refractivity contribution >= 4 is 11.9 Å². The molecule has 21 heavy (non-hydrogen) atoms. The number of hydrogen-bond donors (Lipinski definition) is 2. The molecule has 0 fully saturated rings. The third kappa shape index (κ3) is 2.89. The zero-order chi connectivity index (χ0) is 14.7. The maximum absolute atomic E-state index is 5.35. The average Bonchev–Trinajstić information content (AvgIpc) is 2.48. The van der Waals surface area contributed by atoms with Gasteiger partial charge in [-0.3, -0.25) is 0 Å². The van der Waals surface area contributed by atoms with E-state index in [9.17, 15) is 0 Å². The van der Waals surface area contributed by atoms with Crippen LogP contribution in [0.25, 0.3) is 0 Å². The Balaban J connectivity index is 1.67. The van der Waals surface area contributed by atoms with Gasteiger partial charge >= 0.3 is 6.01 Å². The molecule has 0 aliphatic heterocycles. The van der Waals surface area contributed by atoms with E-state index in [0.29, 0.717) is 30.4 Å². The van der Waals surface area contributed by atoms with Crippen molar-refractivity contribution in [3.63, 3.8) is 0 Å². The second-order valence-corrected chi connectivity index (χ2v) is 4.93. The van der Waals surface area contributed by atoms with Crippen LogP contribution in [0.15, 0.2) is 24.3 Å². The second kappa shape index (κ2) is 5.95. The first-order chi connectivity index (χ1) is 10.3. The second-order valence-electron chi connectivity index (χ2n) is 4.93. The molecular weight excluding hydrogens is 266 g/mol. The lowest BCUT2D eigenvalue weighted by Crippen LogP contribution is -2.25. The van der Waals surface area contributed by atoms with Gasteiger partial charge in [0.1, 0.15) is 0 Å². The van der Waals surface area contributed by atoms with Crippen molar-refractivity contribution in [2.75, 3.05) is 30.8 Å². The molecule has 6 nitrogen and oxygen atoms in total. The van der Waals surface area contributed by atoms with E-state index in [1.54, 1.807) is 7.05 Å². The monoisotopic (exact) mass is 285 g/mol. The molecule has 1 atom stereocenters. The average molecular weight is 285 g/mol. The molecule has 0 saturated carbocycles. The Morgan fingerprint density at radius 2 is 2.00 bits per heavy atom. The lowest BCUT2D eigenvalue weighted by molar-refractivity contribution is 0.312. The number of aromatic nitrogens is 3. The molecule has 110 valence electrons. The summed E-state index contributed by atoms with van der Waals surface area (Å²) < 4.78 is 5.35. The van der Waals surface area contributed by atoms with Gasteiger partial charge in [0.05, 0.1) is 6.61 Å². The summed E-state index contributed by atoms with van der Waals surface area (Å²) in [6, 6.07) is 8.88. The largest absolute Gasteiger partial charge is 0.464 e. The Kier molecular flexibility index (Phi) is 3.85. The highest BCUT2D eigenvalue weighted by atomic mass is 16.5. The smallest absolute Gasteiger partial charge is 0.323 e. The van der Waals surface area contributed by atoms with Gasteiger partial charge < -0.3 is 15.4 Å². The molecule has 1 aliphatic rings. The molecule has 0 bridgehead atoms. The van der Waals surface area contributed by atoms with Crippen molar-refractivity contribution in [1.82, 2.24) is 15.0 Å². The minimum absolute atomic E-state index is 0.341. The standard InChI is InChI=1S/C15H19N5O/c1-3-21-15-19-13(16-2)18-14(20-15)17-9-11-8-10-6-4-5-7-12(10)11/h4-7,11H,3,8-9H2,1-2H3,(H2,16,17,18,19,20). The maximum Gasteiger partial charge on any atom is 0.323 e. The highest BCUT2D eigenvalue weighted by molar-refractivity contribution is 5.42. The number of benzene rings is 1. The predicted octanol–water partition coefficient (Wildman–Crippen LogP) is 2.06. The molecule has 3 rings (SSSR count). The minimum Gasteiger partial charge on any atom is -0.464 e. The van der Waals surface area contributed by atoms with Crippen LogP contribution in [0.2, 0.25) is 0 Å². The number of nitrogens with one attached hydrogen (secondary N) is 2. The van der Waals surface area contributed by atoms with Gasteiger partial charge in [0.15, 0.2) is 0 Å². The van der Waals surface area contributed by atoms with Gasteiger partial charge in [0.2, 0.25) is 11.9 Å². The molecule has 1 heterocycles. The van der Waals surface area contributed by atoms with Gasteiger partial charge in [-0.05, 0) is 24.5 Å². The summed E-state index contributed by atoms with van der Waals surface area (Å²) in [7, 11) is 1.77. The van der Waals surface area contributed by atoms with E-state index < -0.39 is 0 Å². The van der Waals surface area contributed by atoms with Crippen molar-refractivity contribution < 1.29 is 4.74 Å².